The van der Waals surface area contributed by atoms with Gasteiger partial charge < -0.3 is 14.9 Å². The van der Waals surface area contributed by atoms with Crippen LogP contribution in [0, 0.1) is 0 Å². The Morgan fingerprint density at radius 2 is 0.882 bits per heavy atom. The second kappa shape index (κ2) is 77.1. The molecular weight excluding hydrogens is 456 g/mol. The SMILES string of the molecule is C=C.C=C.C=C.C=C.C=C.CCCCCCCCCCOS(=O)(=O)O.CCOCC.OCCO. The Hall–Kier alpha value is -1.55. The lowest BCUT2D eigenvalue weighted by Gasteiger charge is -2.01. The zero-order valence-electron chi connectivity index (χ0n) is 22.6. The van der Waals surface area contributed by atoms with Crippen molar-refractivity contribution in [2.45, 2.75) is 72.1 Å². The fourth-order valence-corrected chi connectivity index (χ4v) is 1.93. The first-order chi connectivity index (χ1) is 16.4. The van der Waals surface area contributed by atoms with E-state index in [0.29, 0.717) is 6.42 Å². The van der Waals surface area contributed by atoms with Gasteiger partial charge in [0.2, 0.25) is 0 Å². The smallest absolute Gasteiger partial charge is 0.394 e. The average Bonchev–Trinajstić information content (AvgIpc) is 2.89. The van der Waals surface area contributed by atoms with Crippen LogP contribution in [-0.2, 0) is 19.3 Å². The standard InChI is InChI=1S/C10H22O4S.C4H10O.C2H6O2.5C2H4/c1-2-3-4-5-6-7-8-9-10-14-15(11,12)13;1-3-5-4-2;3-1-2-4;5*1-2/h2-10H2,1H3,(H,11,12,13);3-4H2,1-2H3;3-4H,1-2H2;5*1-2H2. The maximum absolute atomic E-state index is 10.2. The molecule has 8 heteroatoms. The lowest BCUT2D eigenvalue weighted by Crippen LogP contribution is -2.04. The quantitative estimate of drug-likeness (QED) is 0.138. The molecule has 0 bridgehead atoms. The minimum Gasteiger partial charge on any atom is -0.394 e. The van der Waals surface area contributed by atoms with Gasteiger partial charge in [0.25, 0.3) is 0 Å². The van der Waals surface area contributed by atoms with Gasteiger partial charge in [-0.25, -0.2) is 4.18 Å². The first-order valence-electron chi connectivity index (χ1n) is 11.3. The number of unbranched alkanes of at least 4 members (excludes halogenated alkanes) is 7. The van der Waals surface area contributed by atoms with E-state index < -0.39 is 10.4 Å². The second-order valence-corrected chi connectivity index (χ2v) is 6.04. The first-order valence-corrected chi connectivity index (χ1v) is 12.7. The van der Waals surface area contributed by atoms with Crippen LogP contribution < -0.4 is 0 Å². The molecule has 0 aliphatic heterocycles. The molecule has 0 atom stereocenters. The van der Waals surface area contributed by atoms with E-state index in [1.807, 2.05) is 13.8 Å². The van der Waals surface area contributed by atoms with Crippen molar-refractivity contribution in [1.82, 2.24) is 0 Å². The van der Waals surface area contributed by atoms with Crippen molar-refractivity contribution in [3.8, 4) is 0 Å². The van der Waals surface area contributed by atoms with Gasteiger partial charge in [0.05, 0.1) is 19.8 Å². The summed E-state index contributed by atoms with van der Waals surface area (Å²) in [6.45, 7) is 37.7. The topological polar surface area (TPSA) is 113 Å². The van der Waals surface area contributed by atoms with Crippen LogP contribution in [0.3, 0.4) is 0 Å². The molecular formula is C26H58O7S. The Labute approximate surface area is 213 Å². The van der Waals surface area contributed by atoms with Crippen LogP contribution in [0.15, 0.2) is 65.8 Å². The summed E-state index contributed by atoms with van der Waals surface area (Å²) >= 11 is 0. The maximum Gasteiger partial charge on any atom is 0.397 e. The summed E-state index contributed by atoms with van der Waals surface area (Å²) in [5.41, 5.74) is 0. The molecule has 7 nitrogen and oxygen atoms in total. The molecule has 0 amide bonds. The Kier molecular flexibility index (Phi) is 122. The van der Waals surface area contributed by atoms with Gasteiger partial charge in [0.15, 0.2) is 0 Å². The van der Waals surface area contributed by atoms with Crippen LogP contribution in [0.5, 0.6) is 0 Å². The molecule has 0 radical (unpaired) electrons. The van der Waals surface area contributed by atoms with Gasteiger partial charge in [0, 0.05) is 13.2 Å². The maximum atomic E-state index is 10.2. The third-order valence-electron chi connectivity index (χ3n) is 2.74. The van der Waals surface area contributed by atoms with Gasteiger partial charge in [-0.3, -0.25) is 4.55 Å². The summed E-state index contributed by atoms with van der Waals surface area (Å²) in [6, 6.07) is 0. The van der Waals surface area contributed by atoms with Gasteiger partial charge in [-0.15, -0.1) is 65.8 Å². The first kappa shape index (κ1) is 53.7. The highest BCUT2D eigenvalue weighted by molar-refractivity contribution is 7.80. The molecule has 0 aromatic carbocycles. The van der Waals surface area contributed by atoms with Crippen LogP contribution in [-0.4, -0.2) is 56.2 Å². The molecule has 0 aliphatic carbocycles. The van der Waals surface area contributed by atoms with E-state index in [1.165, 1.54) is 32.1 Å². The molecule has 0 saturated carbocycles. The van der Waals surface area contributed by atoms with Gasteiger partial charge in [-0.1, -0.05) is 51.9 Å². The van der Waals surface area contributed by atoms with Crippen molar-refractivity contribution in [3.63, 3.8) is 0 Å². The third kappa shape index (κ3) is 146. The Balaban J connectivity index is -0.0000000490. The van der Waals surface area contributed by atoms with Gasteiger partial charge in [0.1, 0.15) is 0 Å². The lowest BCUT2D eigenvalue weighted by molar-refractivity contribution is 0.162. The molecule has 0 spiro atoms. The van der Waals surface area contributed by atoms with Crippen molar-refractivity contribution >= 4 is 10.4 Å². The Morgan fingerprint density at radius 3 is 1.09 bits per heavy atom. The van der Waals surface area contributed by atoms with Crippen LogP contribution in [0.1, 0.15) is 72.1 Å². The van der Waals surface area contributed by atoms with E-state index in [4.69, 9.17) is 19.5 Å². The van der Waals surface area contributed by atoms with Crippen LogP contribution in [0.4, 0.5) is 0 Å². The largest absolute Gasteiger partial charge is 0.397 e. The van der Waals surface area contributed by atoms with Crippen LogP contribution >= 0.6 is 0 Å². The molecule has 0 saturated heterocycles. The Bertz CT molecular complexity index is 349. The summed E-state index contributed by atoms with van der Waals surface area (Å²) in [5, 5.41) is 15.2. The normalized spacial score (nSPS) is 7.94. The number of hydrogen-bond acceptors (Lipinski definition) is 6. The van der Waals surface area contributed by atoms with Crippen molar-refractivity contribution in [3.05, 3.63) is 65.8 Å². The highest BCUT2D eigenvalue weighted by atomic mass is 32.3. The minimum absolute atomic E-state index is 0.0911. The highest BCUT2D eigenvalue weighted by Crippen LogP contribution is 2.08. The molecule has 0 aliphatic rings. The molecule has 0 heterocycles. The zero-order valence-corrected chi connectivity index (χ0v) is 23.5. The summed E-state index contributed by atoms with van der Waals surface area (Å²) < 4.78 is 37.6. The third-order valence-corrected chi connectivity index (χ3v) is 3.20. The van der Waals surface area contributed by atoms with E-state index in [9.17, 15) is 8.42 Å². The monoisotopic (exact) mass is 514 g/mol. The van der Waals surface area contributed by atoms with E-state index in [1.54, 1.807) is 0 Å². The van der Waals surface area contributed by atoms with Crippen molar-refractivity contribution < 1.29 is 32.1 Å². The number of aliphatic hydroxyl groups excluding tert-OH is 2. The summed E-state index contributed by atoms with van der Waals surface area (Å²) in [4.78, 5) is 0. The fourth-order valence-electron chi connectivity index (χ4n) is 1.60. The van der Waals surface area contributed by atoms with E-state index >= 15 is 0 Å². The van der Waals surface area contributed by atoms with E-state index in [0.717, 1.165) is 26.1 Å². The van der Waals surface area contributed by atoms with Gasteiger partial charge in [-0.2, -0.15) is 8.42 Å². The van der Waals surface area contributed by atoms with Crippen molar-refractivity contribution in [2.24, 2.45) is 0 Å². The predicted molar refractivity (Wildman–Crippen MR) is 153 cm³/mol. The van der Waals surface area contributed by atoms with E-state index in [2.05, 4.69) is 76.9 Å². The number of ether oxygens (including phenoxy) is 1. The van der Waals surface area contributed by atoms with Crippen molar-refractivity contribution in [2.75, 3.05) is 33.0 Å². The number of hydrogen-bond donors (Lipinski definition) is 3. The highest BCUT2D eigenvalue weighted by Gasteiger charge is 2.02. The fraction of sp³-hybridized carbons (Fsp3) is 0.615. The van der Waals surface area contributed by atoms with Gasteiger partial charge in [-0.05, 0) is 20.3 Å². The summed E-state index contributed by atoms with van der Waals surface area (Å²) in [6.07, 6.45) is 9.05. The summed E-state index contributed by atoms with van der Waals surface area (Å²) in [7, 11) is -4.23. The number of aliphatic hydroxyl groups is 2. The molecule has 0 rings (SSSR count). The molecule has 0 fully saturated rings. The second-order valence-electron chi connectivity index (χ2n) is 4.95. The molecule has 0 aromatic heterocycles. The van der Waals surface area contributed by atoms with Crippen LogP contribution in [0.25, 0.3) is 0 Å². The zero-order chi connectivity index (χ0) is 29.1. The van der Waals surface area contributed by atoms with Crippen molar-refractivity contribution in [1.29, 1.82) is 0 Å². The Morgan fingerprint density at radius 1 is 0.588 bits per heavy atom. The molecule has 0 unspecified atom stereocenters. The predicted octanol–water partition coefficient (Wildman–Crippen LogP) is 6.97. The molecule has 0 aromatic rings. The average molecular weight is 515 g/mol. The molecule has 210 valence electrons. The molecule has 3 N–H and O–H groups in total. The minimum atomic E-state index is -4.23. The van der Waals surface area contributed by atoms with Gasteiger partial charge >= 0.3 is 10.4 Å². The van der Waals surface area contributed by atoms with E-state index in [-0.39, 0.29) is 19.8 Å². The number of rotatable bonds is 13. The van der Waals surface area contributed by atoms with Crippen LogP contribution in [0.2, 0.25) is 0 Å². The molecule has 34 heavy (non-hydrogen) atoms. The summed E-state index contributed by atoms with van der Waals surface area (Å²) in [5.74, 6) is 0. The lowest BCUT2D eigenvalue weighted by atomic mass is 10.1.